The van der Waals surface area contributed by atoms with E-state index in [0.29, 0.717) is 0 Å². The second-order valence-corrected chi connectivity index (χ2v) is 4.89. The normalized spacial score (nSPS) is 11.7. The molecule has 0 unspecified atom stereocenters. The number of benzene rings is 1. The molecule has 16 heavy (non-hydrogen) atoms. The summed E-state index contributed by atoms with van der Waals surface area (Å²) in [5, 5.41) is 4.36. The molecule has 0 saturated carbocycles. The molecule has 2 rings (SSSR count). The van der Waals surface area contributed by atoms with E-state index in [0.717, 1.165) is 16.9 Å². The maximum Gasteiger partial charge on any atom is 0.130 e. The number of aromatic nitrogens is 2. The van der Waals surface area contributed by atoms with Crippen molar-refractivity contribution in [3.8, 4) is 11.1 Å². The number of anilines is 1. The van der Waals surface area contributed by atoms with Crippen molar-refractivity contribution in [2.75, 3.05) is 5.73 Å². The highest BCUT2D eigenvalue weighted by Crippen LogP contribution is 2.28. The first-order valence-electron chi connectivity index (χ1n) is 5.39. The van der Waals surface area contributed by atoms with E-state index < -0.39 is 0 Å². The summed E-state index contributed by atoms with van der Waals surface area (Å²) in [7, 11) is 0. The first-order valence-corrected chi connectivity index (χ1v) is 5.39. The third-order valence-corrected chi connectivity index (χ3v) is 2.53. The lowest BCUT2D eigenvalue weighted by atomic mass is 10.1. The van der Waals surface area contributed by atoms with Crippen LogP contribution in [0.1, 0.15) is 20.8 Å². The molecule has 3 nitrogen and oxygen atoms in total. The molecular formula is C13H17N3. The number of nitrogens with zero attached hydrogens (tertiary/aromatic N) is 2. The third kappa shape index (κ3) is 1.81. The van der Waals surface area contributed by atoms with Crippen LogP contribution in [-0.4, -0.2) is 9.78 Å². The molecule has 2 aromatic rings. The average Bonchev–Trinajstić information content (AvgIpc) is 2.61. The van der Waals surface area contributed by atoms with Crippen molar-refractivity contribution < 1.29 is 0 Å². The van der Waals surface area contributed by atoms with E-state index in [-0.39, 0.29) is 5.54 Å². The van der Waals surface area contributed by atoms with Gasteiger partial charge in [0.25, 0.3) is 0 Å². The van der Waals surface area contributed by atoms with Gasteiger partial charge in [-0.25, -0.2) is 4.68 Å². The molecule has 1 heterocycles. The molecule has 0 amide bonds. The van der Waals surface area contributed by atoms with E-state index in [4.69, 9.17) is 5.73 Å². The van der Waals surface area contributed by atoms with Crippen LogP contribution in [0.15, 0.2) is 36.5 Å². The Bertz CT molecular complexity index is 478. The highest BCUT2D eigenvalue weighted by molar-refractivity contribution is 5.73. The first-order chi connectivity index (χ1) is 7.50. The molecule has 2 N–H and O–H groups in total. The van der Waals surface area contributed by atoms with Gasteiger partial charge in [0, 0.05) is 5.56 Å². The molecule has 1 aromatic carbocycles. The van der Waals surface area contributed by atoms with Gasteiger partial charge in [-0.3, -0.25) is 0 Å². The number of hydrogen-bond donors (Lipinski definition) is 1. The topological polar surface area (TPSA) is 43.8 Å². The summed E-state index contributed by atoms with van der Waals surface area (Å²) in [6.45, 7) is 6.27. The zero-order valence-electron chi connectivity index (χ0n) is 9.94. The van der Waals surface area contributed by atoms with Gasteiger partial charge >= 0.3 is 0 Å². The van der Waals surface area contributed by atoms with E-state index in [1.165, 1.54) is 0 Å². The van der Waals surface area contributed by atoms with E-state index in [1.54, 1.807) is 0 Å². The van der Waals surface area contributed by atoms with Crippen LogP contribution in [0.2, 0.25) is 0 Å². The monoisotopic (exact) mass is 215 g/mol. The summed E-state index contributed by atoms with van der Waals surface area (Å²) < 4.78 is 1.86. The van der Waals surface area contributed by atoms with Gasteiger partial charge in [0.15, 0.2) is 0 Å². The summed E-state index contributed by atoms with van der Waals surface area (Å²) in [5.41, 5.74) is 8.14. The molecule has 0 saturated heterocycles. The number of nitrogen functional groups attached to an aromatic ring is 1. The fourth-order valence-electron chi connectivity index (χ4n) is 1.73. The Morgan fingerprint density at radius 1 is 1.12 bits per heavy atom. The third-order valence-electron chi connectivity index (χ3n) is 2.53. The summed E-state index contributed by atoms with van der Waals surface area (Å²) >= 11 is 0. The van der Waals surface area contributed by atoms with E-state index >= 15 is 0 Å². The van der Waals surface area contributed by atoms with Crippen molar-refractivity contribution in [2.24, 2.45) is 0 Å². The van der Waals surface area contributed by atoms with Gasteiger partial charge in [0.05, 0.1) is 11.7 Å². The molecular weight excluding hydrogens is 198 g/mol. The Kier molecular flexibility index (Phi) is 2.46. The second-order valence-electron chi connectivity index (χ2n) is 4.89. The van der Waals surface area contributed by atoms with Crippen LogP contribution in [0.3, 0.4) is 0 Å². The molecule has 0 aliphatic rings. The number of hydrogen-bond acceptors (Lipinski definition) is 2. The predicted molar refractivity (Wildman–Crippen MR) is 67.1 cm³/mol. The highest BCUT2D eigenvalue weighted by atomic mass is 15.3. The average molecular weight is 215 g/mol. The number of nitrogens with two attached hydrogens (primary N) is 1. The lowest BCUT2D eigenvalue weighted by Gasteiger charge is -2.21. The largest absolute Gasteiger partial charge is 0.383 e. The SMILES string of the molecule is CC(C)(C)n1ncc(-c2ccccc2)c1N. The lowest BCUT2D eigenvalue weighted by Crippen LogP contribution is -2.24. The molecule has 0 spiro atoms. The standard InChI is InChI=1S/C13H17N3/c1-13(2,3)16-12(14)11(9-15-16)10-7-5-4-6-8-10/h4-9H,14H2,1-3H3. The van der Waals surface area contributed by atoms with Crippen LogP contribution in [0.4, 0.5) is 5.82 Å². The molecule has 0 fully saturated rings. The van der Waals surface area contributed by atoms with E-state index in [9.17, 15) is 0 Å². The molecule has 84 valence electrons. The highest BCUT2D eigenvalue weighted by Gasteiger charge is 2.19. The van der Waals surface area contributed by atoms with Crippen molar-refractivity contribution in [3.05, 3.63) is 36.5 Å². The van der Waals surface area contributed by atoms with Gasteiger partial charge in [-0.1, -0.05) is 30.3 Å². The van der Waals surface area contributed by atoms with Crippen molar-refractivity contribution >= 4 is 5.82 Å². The molecule has 0 aliphatic heterocycles. The summed E-state index contributed by atoms with van der Waals surface area (Å²) in [6, 6.07) is 10.1. The fraction of sp³-hybridized carbons (Fsp3) is 0.308. The smallest absolute Gasteiger partial charge is 0.130 e. The van der Waals surface area contributed by atoms with Crippen LogP contribution in [-0.2, 0) is 5.54 Å². The molecule has 0 radical (unpaired) electrons. The van der Waals surface area contributed by atoms with Gasteiger partial charge in [-0.15, -0.1) is 0 Å². The Hall–Kier alpha value is -1.77. The Labute approximate surface area is 95.9 Å². The van der Waals surface area contributed by atoms with Crippen molar-refractivity contribution in [2.45, 2.75) is 26.3 Å². The molecule has 0 aliphatic carbocycles. The van der Waals surface area contributed by atoms with Crippen LogP contribution in [0, 0.1) is 0 Å². The molecule has 3 heteroatoms. The minimum absolute atomic E-state index is 0.0862. The zero-order valence-corrected chi connectivity index (χ0v) is 9.94. The quantitative estimate of drug-likeness (QED) is 0.795. The van der Waals surface area contributed by atoms with E-state index in [1.807, 2.05) is 41.2 Å². The maximum atomic E-state index is 6.12. The first kappa shape index (κ1) is 10.7. The van der Waals surface area contributed by atoms with Gasteiger partial charge in [-0.2, -0.15) is 5.10 Å². The minimum Gasteiger partial charge on any atom is -0.383 e. The maximum absolute atomic E-state index is 6.12. The predicted octanol–water partition coefficient (Wildman–Crippen LogP) is 2.89. The van der Waals surface area contributed by atoms with Crippen LogP contribution < -0.4 is 5.73 Å². The Morgan fingerprint density at radius 3 is 2.25 bits per heavy atom. The zero-order chi connectivity index (χ0) is 11.8. The van der Waals surface area contributed by atoms with Crippen LogP contribution in [0.5, 0.6) is 0 Å². The van der Waals surface area contributed by atoms with Gasteiger partial charge in [0.1, 0.15) is 5.82 Å². The molecule has 0 bridgehead atoms. The van der Waals surface area contributed by atoms with Gasteiger partial charge in [0.2, 0.25) is 0 Å². The van der Waals surface area contributed by atoms with Crippen molar-refractivity contribution in [1.82, 2.24) is 9.78 Å². The minimum atomic E-state index is -0.0862. The van der Waals surface area contributed by atoms with Crippen LogP contribution in [0.25, 0.3) is 11.1 Å². The summed E-state index contributed by atoms with van der Waals surface area (Å²) in [5.74, 6) is 0.721. The Morgan fingerprint density at radius 2 is 1.75 bits per heavy atom. The summed E-state index contributed by atoms with van der Waals surface area (Å²) in [4.78, 5) is 0. The van der Waals surface area contributed by atoms with Gasteiger partial charge in [-0.05, 0) is 26.3 Å². The van der Waals surface area contributed by atoms with E-state index in [2.05, 4.69) is 25.9 Å². The van der Waals surface area contributed by atoms with Crippen molar-refractivity contribution in [1.29, 1.82) is 0 Å². The molecule has 1 aromatic heterocycles. The fourth-order valence-corrected chi connectivity index (χ4v) is 1.73. The van der Waals surface area contributed by atoms with Gasteiger partial charge < -0.3 is 5.73 Å². The Balaban J connectivity index is 2.50. The molecule has 0 atom stereocenters. The second kappa shape index (κ2) is 3.67. The number of rotatable bonds is 1. The summed E-state index contributed by atoms with van der Waals surface area (Å²) in [6.07, 6.45) is 1.83. The van der Waals surface area contributed by atoms with Crippen molar-refractivity contribution in [3.63, 3.8) is 0 Å². The van der Waals surface area contributed by atoms with Crippen LogP contribution >= 0.6 is 0 Å². The lowest BCUT2D eigenvalue weighted by molar-refractivity contribution is 0.361.